The lowest BCUT2D eigenvalue weighted by molar-refractivity contribution is -0.124. The van der Waals surface area contributed by atoms with Gasteiger partial charge in [-0.3, -0.25) is 4.79 Å². The molecule has 0 unspecified atom stereocenters. The highest BCUT2D eigenvalue weighted by Crippen LogP contribution is 2.09. The van der Waals surface area contributed by atoms with E-state index in [0.29, 0.717) is 12.4 Å². The molecule has 1 amide bonds. The van der Waals surface area contributed by atoms with Crippen LogP contribution >= 0.6 is 0 Å². The first-order valence-corrected chi connectivity index (χ1v) is 5.04. The van der Waals surface area contributed by atoms with Crippen molar-refractivity contribution >= 4 is 5.91 Å². The number of amides is 1. The Morgan fingerprint density at radius 1 is 1.69 bits per heavy atom. The summed E-state index contributed by atoms with van der Waals surface area (Å²) in [5.41, 5.74) is 1.09. The smallest absolute Gasteiger partial charge is 0.245 e. The second-order valence-electron chi connectivity index (χ2n) is 3.42. The lowest BCUT2D eigenvalue weighted by Gasteiger charge is -2.14. The Balaban J connectivity index is 2.54. The van der Waals surface area contributed by atoms with Gasteiger partial charge in [-0.2, -0.15) is 0 Å². The number of ether oxygens (including phenoxy) is 1. The number of rotatable bonds is 5. The van der Waals surface area contributed by atoms with Gasteiger partial charge in [0.05, 0.1) is 7.11 Å². The summed E-state index contributed by atoms with van der Waals surface area (Å²) in [7, 11) is 3.34. The monoisotopic (exact) mass is 220 g/mol. The largest absolute Gasteiger partial charge is 0.481 e. The van der Waals surface area contributed by atoms with Gasteiger partial charge >= 0.3 is 0 Å². The average Bonchev–Trinajstić information content (AvgIpc) is 2.35. The lowest BCUT2D eigenvalue weighted by atomic mass is 10.2. The number of nitrogens with zero attached hydrogens (tertiary/aromatic N) is 2. The number of aromatic nitrogens is 1. The molecule has 4 nitrogen and oxygen atoms in total. The first-order valence-electron chi connectivity index (χ1n) is 5.04. The molecule has 86 valence electrons. The van der Waals surface area contributed by atoms with E-state index < -0.39 is 0 Å². The number of likely N-dealkylation sites (N-methyl/N-ethyl adjacent to an activating group) is 1. The zero-order valence-corrected chi connectivity index (χ0v) is 9.64. The molecular formula is C12H16N2O2. The molecule has 0 fully saturated rings. The summed E-state index contributed by atoms with van der Waals surface area (Å²) in [6.07, 6.45) is 3.78. The van der Waals surface area contributed by atoms with Crippen molar-refractivity contribution in [2.45, 2.75) is 6.42 Å². The zero-order valence-electron chi connectivity index (χ0n) is 9.64. The maximum absolute atomic E-state index is 11.2. The third-order valence-corrected chi connectivity index (χ3v) is 2.30. The molecule has 0 aromatic carbocycles. The Labute approximate surface area is 95.6 Å². The van der Waals surface area contributed by atoms with Crippen molar-refractivity contribution in [1.29, 1.82) is 0 Å². The van der Waals surface area contributed by atoms with Gasteiger partial charge in [0, 0.05) is 25.9 Å². The van der Waals surface area contributed by atoms with Crippen molar-refractivity contribution in [3.8, 4) is 5.88 Å². The normalized spacial score (nSPS) is 9.62. The standard InChI is InChI=1S/C12H16N2O2/c1-4-12(15)14(2)8-6-10-5-7-13-11(9-10)16-3/h4-5,7,9H,1,6,8H2,2-3H3. The van der Waals surface area contributed by atoms with E-state index in [1.54, 1.807) is 25.3 Å². The molecule has 0 N–H and O–H groups in total. The van der Waals surface area contributed by atoms with E-state index in [0.717, 1.165) is 12.0 Å². The molecule has 0 atom stereocenters. The molecule has 0 aliphatic carbocycles. The Morgan fingerprint density at radius 2 is 2.44 bits per heavy atom. The highest BCUT2D eigenvalue weighted by Gasteiger charge is 2.04. The number of methoxy groups -OCH3 is 1. The molecule has 0 spiro atoms. The fourth-order valence-corrected chi connectivity index (χ4v) is 1.28. The van der Waals surface area contributed by atoms with E-state index in [9.17, 15) is 4.79 Å². The van der Waals surface area contributed by atoms with Crippen LogP contribution in [0.1, 0.15) is 5.56 Å². The van der Waals surface area contributed by atoms with Gasteiger partial charge in [0.15, 0.2) is 0 Å². The second kappa shape index (κ2) is 5.90. The molecule has 1 aromatic rings. The Morgan fingerprint density at radius 3 is 3.06 bits per heavy atom. The minimum atomic E-state index is -0.0685. The Kier molecular flexibility index (Phi) is 4.51. The minimum absolute atomic E-state index is 0.0685. The topological polar surface area (TPSA) is 42.4 Å². The molecule has 0 aliphatic rings. The molecule has 0 saturated heterocycles. The third kappa shape index (κ3) is 3.38. The molecule has 16 heavy (non-hydrogen) atoms. The van der Waals surface area contributed by atoms with Crippen LogP contribution in [0.3, 0.4) is 0 Å². The van der Waals surface area contributed by atoms with Gasteiger partial charge < -0.3 is 9.64 Å². The van der Waals surface area contributed by atoms with Crippen molar-refractivity contribution in [1.82, 2.24) is 9.88 Å². The molecule has 1 heterocycles. The minimum Gasteiger partial charge on any atom is -0.481 e. The molecule has 0 bridgehead atoms. The van der Waals surface area contributed by atoms with Crippen molar-refractivity contribution in [2.24, 2.45) is 0 Å². The SMILES string of the molecule is C=CC(=O)N(C)CCc1ccnc(OC)c1. The Hall–Kier alpha value is -1.84. The predicted octanol–water partition coefficient (Wildman–Crippen LogP) is 1.28. The van der Waals surface area contributed by atoms with Crippen LogP contribution in [0.15, 0.2) is 31.0 Å². The van der Waals surface area contributed by atoms with Crippen molar-refractivity contribution in [3.63, 3.8) is 0 Å². The summed E-state index contributed by atoms with van der Waals surface area (Å²) in [5, 5.41) is 0. The van der Waals surface area contributed by atoms with Gasteiger partial charge in [-0.25, -0.2) is 4.98 Å². The number of pyridine rings is 1. The van der Waals surface area contributed by atoms with Crippen LogP contribution in [0, 0.1) is 0 Å². The van der Waals surface area contributed by atoms with Crippen LogP contribution in [0.5, 0.6) is 5.88 Å². The van der Waals surface area contributed by atoms with Gasteiger partial charge in [0.2, 0.25) is 11.8 Å². The average molecular weight is 220 g/mol. The van der Waals surface area contributed by atoms with Crippen LogP contribution in [0.4, 0.5) is 0 Å². The summed E-state index contributed by atoms with van der Waals surface area (Å²) < 4.78 is 5.02. The maximum Gasteiger partial charge on any atom is 0.245 e. The van der Waals surface area contributed by atoms with Crippen LogP contribution in [0.25, 0.3) is 0 Å². The number of hydrogen-bond donors (Lipinski definition) is 0. The first-order chi connectivity index (χ1) is 7.67. The molecule has 1 aromatic heterocycles. The summed E-state index contributed by atoms with van der Waals surface area (Å²) >= 11 is 0. The molecular weight excluding hydrogens is 204 g/mol. The number of carbonyl (C=O) groups excluding carboxylic acids is 1. The van der Waals surface area contributed by atoms with Gasteiger partial charge in [-0.15, -0.1) is 0 Å². The fraction of sp³-hybridized carbons (Fsp3) is 0.333. The van der Waals surface area contributed by atoms with Gasteiger partial charge in [0.25, 0.3) is 0 Å². The van der Waals surface area contributed by atoms with Crippen molar-refractivity contribution in [3.05, 3.63) is 36.5 Å². The predicted molar refractivity (Wildman–Crippen MR) is 62.3 cm³/mol. The molecule has 1 rings (SSSR count). The van der Waals surface area contributed by atoms with E-state index in [-0.39, 0.29) is 5.91 Å². The first kappa shape index (κ1) is 12.2. The maximum atomic E-state index is 11.2. The van der Waals surface area contributed by atoms with Gasteiger partial charge in [-0.05, 0) is 24.1 Å². The highest BCUT2D eigenvalue weighted by molar-refractivity contribution is 5.86. The van der Waals surface area contributed by atoms with Crippen molar-refractivity contribution in [2.75, 3.05) is 20.7 Å². The van der Waals surface area contributed by atoms with Crippen LogP contribution < -0.4 is 4.74 Å². The number of carbonyl (C=O) groups is 1. The highest BCUT2D eigenvalue weighted by atomic mass is 16.5. The lowest BCUT2D eigenvalue weighted by Crippen LogP contribution is -2.26. The number of hydrogen-bond acceptors (Lipinski definition) is 3. The van der Waals surface area contributed by atoms with Crippen LogP contribution in [-0.2, 0) is 11.2 Å². The molecule has 0 aliphatic heterocycles. The van der Waals surface area contributed by atoms with E-state index in [1.807, 2.05) is 12.1 Å². The summed E-state index contributed by atoms with van der Waals surface area (Å²) in [4.78, 5) is 16.9. The quantitative estimate of drug-likeness (QED) is 0.702. The molecule has 0 radical (unpaired) electrons. The van der Waals surface area contributed by atoms with E-state index >= 15 is 0 Å². The summed E-state index contributed by atoms with van der Waals surface area (Å²) in [6.45, 7) is 4.09. The van der Waals surface area contributed by atoms with Gasteiger partial charge in [-0.1, -0.05) is 6.58 Å². The summed E-state index contributed by atoms with van der Waals surface area (Å²) in [6, 6.07) is 3.78. The fourth-order valence-electron chi connectivity index (χ4n) is 1.28. The van der Waals surface area contributed by atoms with E-state index in [4.69, 9.17) is 4.74 Å². The molecule has 0 saturated carbocycles. The second-order valence-corrected chi connectivity index (χ2v) is 3.42. The third-order valence-electron chi connectivity index (χ3n) is 2.30. The Bertz CT molecular complexity index is 377. The van der Waals surface area contributed by atoms with Crippen molar-refractivity contribution < 1.29 is 9.53 Å². The van der Waals surface area contributed by atoms with E-state index in [2.05, 4.69) is 11.6 Å². The van der Waals surface area contributed by atoms with Gasteiger partial charge in [0.1, 0.15) is 0 Å². The van der Waals surface area contributed by atoms with Crippen LogP contribution in [0.2, 0.25) is 0 Å². The summed E-state index contributed by atoms with van der Waals surface area (Å²) in [5.74, 6) is 0.524. The molecule has 4 heteroatoms. The van der Waals surface area contributed by atoms with E-state index in [1.165, 1.54) is 6.08 Å². The van der Waals surface area contributed by atoms with Crippen LogP contribution in [-0.4, -0.2) is 36.5 Å². The zero-order chi connectivity index (χ0) is 12.0.